The Morgan fingerprint density at radius 3 is 2.39 bits per heavy atom. The Hall–Kier alpha value is -2.70. The second-order valence-electron chi connectivity index (χ2n) is 7.03. The maximum atomic E-state index is 12.4. The fourth-order valence-electron chi connectivity index (χ4n) is 3.29. The molecule has 6 nitrogen and oxygen atoms in total. The quantitative estimate of drug-likeness (QED) is 0.686. The summed E-state index contributed by atoms with van der Waals surface area (Å²) in [5, 5.41) is 5.74. The predicted molar refractivity (Wildman–Crippen MR) is 109 cm³/mol. The lowest BCUT2D eigenvalue weighted by Crippen LogP contribution is -2.44. The number of ether oxygens (including phenoxy) is 1. The number of nitrogens with one attached hydrogen (secondary N) is 2. The Labute approximate surface area is 165 Å². The van der Waals surface area contributed by atoms with Crippen molar-refractivity contribution >= 4 is 17.5 Å². The van der Waals surface area contributed by atoms with Crippen LogP contribution in [0.1, 0.15) is 28.8 Å². The van der Waals surface area contributed by atoms with E-state index >= 15 is 0 Å². The van der Waals surface area contributed by atoms with Gasteiger partial charge >= 0.3 is 0 Å². The Balaban J connectivity index is 1.47. The van der Waals surface area contributed by atoms with Crippen molar-refractivity contribution in [1.82, 2.24) is 5.32 Å². The van der Waals surface area contributed by atoms with Gasteiger partial charge in [0.1, 0.15) is 0 Å². The summed E-state index contributed by atoms with van der Waals surface area (Å²) in [5.74, 6) is -0.192. The highest BCUT2D eigenvalue weighted by Crippen LogP contribution is 2.19. The first-order valence-electron chi connectivity index (χ1n) is 9.70. The first-order valence-corrected chi connectivity index (χ1v) is 9.70. The molecule has 2 amide bonds. The van der Waals surface area contributed by atoms with Crippen molar-refractivity contribution in [3.63, 3.8) is 0 Å². The van der Waals surface area contributed by atoms with Crippen LogP contribution >= 0.6 is 0 Å². The van der Waals surface area contributed by atoms with Gasteiger partial charge < -0.3 is 21.1 Å². The molecule has 0 radical (unpaired) electrons. The molecule has 2 aromatic rings. The van der Waals surface area contributed by atoms with Crippen LogP contribution in [0.15, 0.2) is 54.6 Å². The maximum Gasteiger partial charge on any atom is 0.251 e. The topological polar surface area (TPSA) is 93.5 Å². The first-order chi connectivity index (χ1) is 13.6. The number of hydrogen-bond donors (Lipinski definition) is 3. The van der Waals surface area contributed by atoms with E-state index in [1.165, 1.54) is 5.56 Å². The van der Waals surface area contributed by atoms with Gasteiger partial charge in [-0.1, -0.05) is 30.3 Å². The largest absolute Gasteiger partial charge is 0.381 e. The zero-order chi connectivity index (χ0) is 19.8. The zero-order valence-corrected chi connectivity index (χ0v) is 15.9. The summed E-state index contributed by atoms with van der Waals surface area (Å²) in [6, 6.07) is 16.3. The molecule has 4 N–H and O–H groups in total. The minimum Gasteiger partial charge on any atom is -0.381 e. The number of carbonyl (C=O) groups excluding carboxylic acids is 2. The summed E-state index contributed by atoms with van der Waals surface area (Å²) in [5.41, 5.74) is 8.46. The molecule has 1 aliphatic heterocycles. The second kappa shape index (κ2) is 10.0. The molecule has 0 saturated carbocycles. The van der Waals surface area contributed by atoms with E-state index in [0.29, 0.717) is 31.0 Å². The van der Waals surface area contributed by atoms with Crippen LogP contribution in [-0.2, 0) is 16.0 Å². The van der Waals surface area contributed by atoms with Gasteiger partial charge in [-0.2, -0.15) is 0 Å². The molecule has 1 atom stereocenters. The lowest BCUT2D eigenvalue weighted by molar-refractivity contribution is -0.119. The van der Waals surface area contributed by atoms with Gasteiger partial charge in [0.05, 0.1) is 6.04 Å². The average molecular weight is 381 g/mol. The molecule has 3 rings (SSSR count). The SMILES string of the molecule is NC(C(=O)Nc1ccc(C(=O)NCCc2ccccc2)cc1)C1CCOCC1. The number of rotatable bonds is 7. The van der Waals surface area contributed by atoms with Crippen molar-refractivity contribution in [1.29, 1.82) is 0 Å². The van der Waals surface area contributed by atoms with Gasteiger partial charge in [-0.15, -0.1) is 0 Å². The van der Waals surface area contributed by atoms with Crippen molar-refractivity contribution in [2.45, 2.75) is 25.3 Å². The summed E-state index contributed by atoms with van der Waals surface area (Å²) in [7, 11) is 0. The van der Waals surface area contributed by atoms with Crippen LogP contribution in [-0.4, -0.2) is 37.6 Å². The summed E-state index contributed by atoms with van der Waals surface area (Å²) < 4.78 is 5.31. The third-order valence-electron chi connectivity index (χ3n) is 5.03. The van der Waals surface area contributed by atoms with Crippen LogP contribution < -0.4 is 16.4 Å². The maximum absolute atomic E-state index is 12.4. The molecule has 0 bridgehead atoms. The van der Waals surface area contributed by atoms with Gasteiger partial charge in [0, 0.05) is 31.0 Å². The fourth-order valence-corrected chi connectivity index (χ4v) is 3.29. The van der Waals surface area contributed by atoms with Crippen molar-refractivity contribution in [3.8, 4) is 0 Å². The number of anilines is 1. The van der Waals surface area contributed by atoms with Crippen molar-refractivity contribution in [3.05, 3.63) is 65.7 Å². The van der Waals surface area contributed by atoms with E-state index in [0.717, 1.165) is 19.3 Å². The van der Waals surface area contributed by atoms with Gasteiger partial charge in [0.2, 0.25) is 5.91 Å². The standard InChI is InChI=1S/C22H27N3O3/c23-20(17-11-14-28-15-12-17)22(27)25-19-8-6-18(7-9-19)21(26)24-13-10-16-4-2-1-3-5-16/h1-9,17,20H,10-15,23H2,(H,24,26)(H,25,27). The van der Waals surface area contributed by atoms with E-state index in [1.807, 2.05) is 30.3 Å². The molecule has 1 saturated heterocycles. The van der Waals surface area contributed by atoms with E-state index in [-0.39, 0.29) is 17.7 Å². The normalized spacial score (nSPS) is 15.6. The van der Waals surface area contributed by atoms with Crippen LogP contribution in [0.4, 0.5) is 5.69 Å². The molecule has 1 unspecified atom stereocenters. The number of carbonyl (C=O) groups is 2. The highest BCUT2D eigenvalue weighted by atomic mass is 16.5. The molecule has 1 heterocycles. The molecule has 6 heteroatoms. The van der Waals surface area contributed by atoms with Crippen LogP contribution in [0, 0.1) is 5.92 Å². The number of amides is 2. The average Bonchev–Trinajstić information content (AvgIpc) is 2.75. The van der Waals surface area contributed by atoms with E-state index in [9.17, 15) is 9.59 Å². The molecular formula is C22H27N3O3. The van der Waals surface area contributed by atoms with Gasteiger partial charge in [-0.3, -0.25) is 9.59 Å². The third kappa shape index (κ3) is 5.65. The molecule has 0 aromatic heterocycles. The van der Waals surface area contributed by atoms with E-state index < -0.39 is 6.04 Å². The van der Waals surface area contributed by atoms with Crippen LogP contribution in [0.2, 0.25) is 0 Å². The lowest BCUT2D eigenvalue weighted by Gasteiger charge is -2.26. The highest BCUT2D eigenvalue weighted by Gasteiger charge is 2.26. The highest BCUT2D eigenvalue weighted by molar-refractivity contribution is 5.97. The summed E-state index contributed by atoms with van der Waals surface area (Å²) in [6.07, 6.45) is 2.39. The second-order valence-corrected chi connectivity index (χ2v) is 7.03. The van der Waals surface area contributed by atoms with Crippen molar-refractivity contribution < 1.29 is 14.3 Å². The van der Waals surface area contributed by atoms with E-state index in [2.05, 4.69) is 10.6 Å². The summed E-state index contributed by atoms with van der Waals surface area (Å²) >= 11 is 0. The van der Waals surface area contributed by atoms with E-state index in [1.54, 1.807) is 24.3 Å². The van der Waals surface area contributed by atoms with Crippen molar-refractivity contribution in [2.24, 2.45) is 11.7 Å². The molecule has 1 aliphatic rings. The van der Waals surface area contributed by atoms with Crippen LogP contribution in [0.25, 0.3) is 0 Å². The third-order valence-corrected chi connectivity index (χ3v) is 5.03. The van der Waals surface area contributed by atoms with Gasteiger partial charge in [0.25, 0.3) is 5.91 Å². The Bertz CT molecular complexity index is 771. The molecule has 148 valence electrons. The smallest absolute Gasteiger partial charge is 0.251 e. The van der Waals surface area contributed by atoms with Gasteiger partial charge in [-0.05, 0) is 55.0 Å². The van der Waals surface area contributed by atoms with Gasteiger partial charge in [-0.25, -0.2) is 0 Å². The monoisotopic (exact) mass is 381 g/mol. The van der Waals surface area contributed by atoms with Crippen LogP contribution in [0.5, 0.6) is 0 Å². The Morgan fingerprint density at radius 2 is 1.71 bits per heavy atom. The lowest BCUT2D eigenvalue weighted by atomic mass is 9.92. The molecule has 2 aromatic carbocycles. The van der Waals surface area contributed by atoms with Crippen molar-refractivity contribution in [2.75, 3.05) is 25.1 Å². The summed E-state index contributed by atoms with van der Waals surface area (Å²) in [4.78, 5) is 24.6. The minimum absolute atomic E-state index is 0.132. The Morgan fingerprint density at radius 1 is 1.04 bits per heavy atom. The number of benzene rings is 2. The fraction of sp³-hybridized carbons (Fsp3) is 0.364. The van der Waals surface area contributed by atoms with E-state index in [4.69, 9.17) is 10.5 Å². The Kier molecular flexibility index (Phi) is 7.17. The molecular weight excluding hydrogens is 354 g/mol. The molecule has 28 heavy (non-hydrogen) atoms. The summed E-state index contributed by atoms with van der Waals surface area (Å²) in [6.45, 7) is 1.88. The number of hydrogen-bond acceptors (Lipinski definition) is 4. The molecule has 1 fully saturated rings. The minimum atomic E-state index is -0.551. The van der Waals surface area contributed by atoms with Gasteiger partial charge in [0.15, 0.2) is 0 Å². The number of nitrogens with two attached hydrogens (primary N) is 1. The predicted octanol–water partition coefficient (Wildman–Crippen LogP) is 2.35. The van der Waals surface area contributed by atoms with Crippen LogP contribution in [0.3, 0.4) is 0 Å². The molecule has 0 spiro atoms. The molecule has 0 aliphatic carbocycles. The first kappa shape index (κ1) is 20.0. The zero-order valence-electron chi connectivity index (χ0n) is 15.9.